The maximum Gasteiger partial charge on any atom is 0.408 e. The number of halogens is 3. The summed E-state index contributed by atoms with van der Waals surface area (Å²) in [5, 5.41) is 12.8. The summed E-state index contributed by atoms with van der Waals surface area (Å²) >= 11 is 0. The van der Waals surface area contributed by atoms with Gasteiger partial charge in [0.05, 0.1) is 4.92 Å². The van der Waals surface area contributed by atoms with Crippen LogP contribution in [0.3, 0.4) is 0 Å². The van der Waals surface area contributed by atoms with Crippen LogP contribution in [0.15, 0.2) is 18.2 Å². The second kappa shape index (κ2) is 5.58. The van der Waals surface area contributed by atoms with Crippen LogP contribution in [0, 0.1) is 17.0 Å². The largest absolute Gasteiger partial charge is 0.443 e. The fourth-order valence-electron chi connectivity index (χ4n) is 1.84. The second-order valence-corrected chi connectivity index (χ2v) is 4.22. The molecule has 20 heavy (non-hydrogen) atoms. The van der Waals surface area contributed by atoms with Gasteiger partial charge in [0.15, 0.2) is 6.61 Å². The number of nitrogens with one attached hydrogen (secondary N) is 1. The van der Waals surface area contributed by atoms with Crippen molar-refractivity contribution in [1.29, 1.82) is 0 Å². The maximum absolute atomic E-state index is 13.7. The van der Waals surface area contributed by atoms with Crippen molar-refractivity contribution >= 4 is 24.2 Å². The van der Waals surface area contributed by atoms with Crippen molar-refractivity contribution in [3.8, 4) is 0 Å². The average Bonchev–Trinajstić information content (AvgIpc) is 2.33. The molecule has 1 amide bonds. The van der Waals surface area contributed by atoms with Crippen LogP contribution in [0.25, 0.3) is 0 Å². The molecule has 0 saturated carbocycles. The van der Waals surface area contributed by atoms with Crippen LogP contribution in [0.2, 0.25) is 0 Å². The Morgan fingerprint density at radius 1 is 1.50 bits per heavy atom. The number of hydrogen-bond acceptors (Lipinski definition) is 4. The van der Waals surface area contributed by atoms with E-state index < -0.39 is 29.6 Å². The summed E-state index contributed by atoms with van der Waals surface area (Å²) in [4.78, 5) is 21.2. The van der Waals surface area contributed by atoms with Crippen molar-refractivity contribution < 1.29 is 23.2 Å². The molecule has 0 unspecified atom stereocenters. The lowest BCUT2D eigenvalue weighted by Gasteiger charge is -2.31. The molecule has 1 aliphatic rings. The van der Waals surface area contributed by atoms with E-state index in [9.17, 15) is 23.7 Å². The summed E-state index contributed by atoms with van der Waals surface area (Å²) in [6, 6.07) is 2.10. The van der Waals surface area contributed by atoms with Crippen LogP contribution < -0.4 is 5.32 Å². The third-order valence-corrected chi connectivity index (χ3v) is 2.84. The van der Waals surface area contributed by atoms with Gasteiger partial charge in [-0.3, -0.25) is 10.1 Å². The SMILES string of the molecule is Cc1ccc([C@H]2NC(=O)OCC2(F)F)cc1[N+](=O)[O-].Cl. The van der Waals surface area contributed by atoms with E-state index in [0.29, 0.717) is 5.56 Å². The van der Waals surface area contributed by atoms with E-state index in [2.05, 4.69) is 4.74 Å². The van der Waals surface area contributed by atoms with Crippen molar-refractivity contribution in [1.82, 2.24) is 5.32 Å². The minimum Gasteiger partial charge on any atom is -0.443 e. The molecule has 1 aliphatic heterocycles. The van der Waals surface area contributed by atoms with Gasteiger partial charge in [0.2, 0.25) is 0 Å². The predicted octanol–water partition coefficient (Wildman–Crippen LogP) is 2.74. The second-order valence-electron chi connectivity index (χ2n) is 4.22. The topological polar surface area (TPSA) is 81.5 Å². The molecular weight excluding hydrogens is 298 g/mol. The van der Waals surface area contributed by atoms with Crippen molar-refractivity contribution in [2.45, 2.75) is 18.9 Å². The summed E-state index contributed by atoms with van der Waals surface area (Å²) < 4.78 is 31.5. The van der Waals surface area contributed by atoms with Gasteiger partial charge in [0, 0.05) is 11.6 Å². The van der Waals surface area contributed by atoms with E-state index in [1.165, 1.54) is 19.1 Å². The number of nitro groups is 1. The van der Waals surface area contributed by atoms with E-state index in [4.69, 9.17) is 0 Å². The quantitative estimate of drug-likeness (QED) is 0.673. The monoisotopic (exact) mass is 308 g/mol. The highest BCUT2D eigenvalue weighted by atomic mass is 35.5. The summed E-state index contributed by atoms with van der Waals surface area (Å²) in [6.07, 6.45) is -0.973. The minimum atomic E-state index is -3.32. The molecule has 1 saturated heterocycles. The number of benzene rings is 1. The fourth-order valence-corrected chi connectivity index (χ4v) is 1.84. The molecule has 1 atom stereocenters. The predicted molar refractivity (Wildman–Crippen MR) is 67.3 cm³/mol. The molecule has 0 bridgehead atoms. The Morgan fingerprint density at radius 3 is 2.75 bits per heavy atom. The van der Waals surface area contributed by atoms with Crippen LogP contribution >= 0.6 is 12.4 Å². The number of cyclic esters (lactones) is 1. The lowest BCUT2D eigenvalue weighted by Crippen LogP contribution is -2.49. The Kier molecular flexibility index (Phi) is 4.49. The first-order chi connectivity index (χ1) is 8.81. The maximum atomic E-state index is 13.7. The highest BCUT2D eigenvalue weighted by molar-refractivity contribution is 5.85. The van der Waals surface area contributed by atoms with Gasteiger partial charge in [-0.2, -0.15) is 0 Å². The standard InChI is InChI=1S/C11H10F2N2O4.ClH/c1-6-2-3-7(4-8(6)15(17)18)9-11(12,13)5-19-10(16)14-9;/h2-4,9H,5H2,1H3,(H,14,16);1H/t9-;/m1./s1. The summed E-state index contributed by atoms with van der Waals surface area (Å²) in [6.45, 7) is 0.452. The molecule has 1 heterocycles. The van der Waals surface area contributed by atoms with Gasteiger partial charge in [-0.1, -0.05) is 12.1 Å². The first-order valence-electron chi connectivity index (χ1n) is 5.37. The molecule has 1 N–H and O–H groups in total. The van der Waals surface area contributed by atoms with Crippen molar-refractivity contribution in [2.24, 2.45) is 0 Å². The molecule has 1 aromatic carbocycles. The van der Waals surface area contributed by atoms with E-state index in [1.807, 2.05) is 5.32 Å². The normalized spacial score (nSPS) is 20.4. The number of alkyl carbamates (subject to hydrolysis) is 1. The number of carbonyl (C=O) groups excluding carboxylic acids is 1. The van der Waals surface area contributed by atoms with Crippen molar-refractivity contribution in [3.05, 3.63) is 39.4 Å². The highest BCUT2D eigenvalue weighted by Gasteiger charge is 2.47. The van der Waals surface area contributed by atoms with E-state index >= 15 is 0 Å². The molecule has 0 aliphatic carbocycles. The zero-order chi connectivity index (χ0) is 14.2. The van der Waals surface area contributed by atoms with E-state index in [1.54, 1.807) is 0 Å². The lowest BCUT2D eigenvalue weighted by molar-refractivity contribution is -0.385. The molecule has 1 fully saturated rings. The molecule has 1 aromatic rings. The van der Waals surface area contributed by atoms with Crippen LogP contribution in [0.4, 0.5) is 19.3 Å². The average molecular weight is 309 g/mol. The number of amides is 1. The number of carbonyl (C=O) groups is 1. The smallest absolute Gasteiger partial charge is 0.408 e. The van der Waals surface area contributed by atoms with Gasteiger partial charge in [-0.05, 0) is 12.5 Å². The van der Waals surface area contributed by atoms with Crippen LogP contribution in [-0.2, 0) is 4.74 Å². The van der Waals surface area contributed by atoms with Crippen LogP contribution in [0.5, 0.6) is 0 Å². The first kappa shape index (κ1) is 16.1. The molecular formula is C11H11ClF2N2O4. The lowest BCUT2D eigenvalue weighted by atomic mass is 9.98. The van der Waals surface area contributed by atoms with Crippen molar-refractivity contribution in [2.75, 3.05) is 6.61 Å². The van der Waals surface area contributed by atoms with Gasteiger partial charge in [0.1, 0.15) is 6.04 Å². The van der Waals surface area contributed by atoms with E-state index in [-0.39, 0.29) is 23.7 Å². The Balaban J connectivity index is 0.00000200. The third-order valence-electron chi connectivity index (χ3n) is 2.84. The number of hydrogen-bond donors (Lipinski definition) is 1. The number of nitro benzene ring substituents is 1. The van der Waals surface area contributed by atoms with Gasteiger partial charge < -0.3 is 10.1 Å². The molecule has 9 heteroatoms. The Bertz CT molecular complexity index is 553. The Labute approximate surface area is 118 Å². The number of nitrogens with zero attached hydrogens (tertiary/aromatic N) is 1. The fraction of sp³-hybridized carbons (Fsp3) is 0.364. The zero-order valence-electron chi connectivity index (χ0n) is 10.3. The third kappa shape index (κ3) is 2.96. The molecule has 0 radical (unpaired) electrons. The van der Waals surface area contributed by atoms with E-state index in [0.717, 1.165) is 6.07 Å². The number of rotatable bonds is 2. The minimum absolute atomic E-state index is 0. The van der Waals surface area contributed by atoms with Gasteiger partial charge in [-0.15, -0.1) is 12.4 Å². The highest BCUT2D eigenvalue weighted by Crippen LogP contribution is 2.36. The molecule has 110 valence electrons. The van der Waals surface area contributed by atoms with Crippen LogP contribution in [-0.4, -0.2) is 23.5 Å². The summed E-state index contributed by atoms with van der Waals surface area (Å²) in [5.41, 5.74) is 0.0587. The van der Waals surface area contributed by atoms with Crippen LogP contribution in [0.1, 0.15) is 17.2 Å². The number of ether oxygens (including phenoxy) is 1. The zero-order valence-corrected chi connectivity index (χ0v) is 11.1. The Hall–Kier alpha value is -1.96. The number of alkyl halides is 2. The Morgan fingerprint density at radius 2 is 2.15 bits per heavy atom. The molecule has 6 nitrogen and oxygen atoms in total. The first-order valence-corrected chi connectivity index (χ1v) is 5.37. The van der Waals surface area contributed by atoms with Gasteiger partial charge in [-0.25, -0.2) is 13.6 Å². The summed E-state index contributed by atoms with van der Waals surface area (Å²) in [7, 11) is 0. The molecule has 0 aromatic heterocycles. The summed E-state index contributed by atoms with van der Waals surface area (Å²) in [5.74, 6) is -3.32. The van der Waals surface area contributed by atoms with Gasteiger partial charge in [0.25, 0.3) is 5.69 Å². The van der Waals surface area contributed by atoms with Crippen molar-refractivity contribution in [3.63, 3.8) is 0 Å². The van der Waals surface area contributed by atoms with Gasteiger partial charge >= 0.3 is 12.0 Å². The number of aryl methyl sites for hydroxylation is 1. The molecule has 0 spiro atoms. The molecule has 2 rings (SSSR count).